The minimum atomic E-state index is -0.473. The summed E-state index contributed by atoms with van der Waals surface area (Å²) in [5, 5.41) is 10.9. The van der Waals surface area contributed by atoms with Crippen LogP contribution in [0.4, 0.5) is 5.69 Å². The molecule has 1 aromatic carbocycles. The Labute approximate surface area is 112 Å². The third-order valence-corrected chi connectivity index (χ3v) is 2.90. The zero-order valence-electron chi connectivity index (χ0n) is 10.4. The first kappa shape index (κ1) is 14.5. The lowest BCUT2D eigenvalue weighted by atomic mass is 10.2. The lowest BCUT2D eigenvalue weighted by Gasteiger charge is -2.13. The van der Waals surface area contributed by atoms with Crippen LogP contribution in [-0.4, -0.2) is 29.5 Å². The summed E-state index contributed by atoms with van der Waals surface area (Å²) in [6.07, 6.45) is 0. The lowest BCUT2D eigenvalue weighted by Crippen LogP contribution is -2.22. The highest BCUT2D eigenvalue weighted by molar-refractivity contribution is 6.32. The molecule has 0 aliphatic heterocycles. The van der Waals surface area contributed by atoms with E-state index in [0.29, 0.717) is 17.1 Å². The quantitative estimate of drug-likeness (QED) is 0.478. The highest BCUT2D eigenvalue weighted by atomic mass is 35.5. The molecule has 0 saturated heterocycles. The van der Waals surface area contributed by atoms with Crippen LogP contribution >= 0.6 is 11.6 Å². The van der Waals surface area contributed by atoms with Crippen LogP contribution in [0.15, 0.2) is 18.2 Å². The summed E-state index contributed by atoms with van der Waals surface area (Å²) in [6.45, 7) is 6.70. The molecule has 0 fully saturated rings. The number of benzene rings is 1. The normalized spacial score (nSPS) is 10.0. The van der Waals surface area contributed by atoms with E-state index in [1.54, 1.807) is 6.07 Å². The number of non-ortho nitro benzene ring substituents is 1. The van der Waals surface area contributed by atoms with Crippen molar-refractivity contribution in [2.24, 2.45) is 0 Å². The Hall–Kier alpha value is -1.57. The monoisotopic (exact) mass is 266 g/mol. The van der Waals surface area contributed by atoms with Gasteiger partial charge in [0, 0.05) is 17.7 Å². The topological polar surface area (TPSA) is 46.4 Å². The molecule has 0 radical (unpaired) electrons. The Morgan fingerprint density at radius 3 is 2.56 bits per heavy atom. The molecule has 0 heterocycles. The lowest BCUT2D eigenvalue weighted by molar-refractivity contribution is -0.384. The Kier molecular flexibility index (Phi) is 5.63. The van der Waals surface area contributed by atoms with Crippen LogP contribution in [-0.2, 0) is 0 Å². The summed E-state index contributed by atoms with van der Waals surface area (Å²) >= 11 is 5.94. The van der Waals surface area contributed by atoms with Crippen molar-refractivity contribution in [2.45, 2.75) is 13.8 Å². The number of nitrogens with zero attached hydrogens (tertiary/aromatic N) is 2. The molecule has 0 atom stereocenters. The number of nitro groups is 1. The van der Waals surface area contributed by atoms with Crippen molar-refractivity contribution in [1.29, 1.82) is 0 Å². The fourth-order valence-corrected chi connectivity index (χ4v) is 1.63. The van der Waals surface area contributed by atoms with Crippen LogP contribution < -0.4 is 0 Å². The average molecular weight is 267 g/mol. The molecule has 0 bridgehead atoms. The first-order valence-corrected chi connectivity index (χ1v) is 6.11. The van der Waals surface area contributed by atoms with Gasteiger partial charge >= 0.3 is 0 Å². The molecular weight excluding hydrogens is 252 g/mol. The molecule has 96 valence electrons. The van der Waals surface area contributed by atoms with Gasteiger partial charge < -0.3 is 0 Å². The van der Waals surface area contributed by atoms with Crippen molar-refractivity contribution < 1.29 is 4.92 Å². The van der Waals surface area contributed by atoms with E-state index in [4.69, 9.17) is 11.6 Å². The van der Waals surface area contributed by atoms with Gasteiger partial charge in [-0.3, -0.25) is 15.0 Å². The van der Waals surface area contributed by atoms with Gasteiger partial charge in [-0.2, -0.15) is 0 Å². The van der Waals surface area contributed by atoms with Crippen molar-refractivity contribution in [3.63, 3.8) is 0 Å². The zero-order valence-corrected chi connectivity index (χ0v) is 11.2. The van der Waals surface area contributed by atoms with E-state index < -0.39 is 4.92 Å². The maximum absolute atomic E-state index is 10.5. The van der Waals surface area contributed by atoms with Gasteiger partial charge in [0.2, 0.25) is 0 Å². The van der Waals surface area contributed by atoms with Gasteiger partial charge in [0.05, 0.1) is 16.5 Å². The molecule has 0 unspecified atom stereocenters. The molecule has 1 rings (SSSR count). The molecule has 0 N–H and O–H groups in total. The fraction of sp³-hybridized carbons (Fsp3) is 0.385. The van der Waals surface area contributed by atoms with Crippen LogP contribution in [0.25, 0.3) is 0 Å². The zero-order chi connectivity index (χ0) is 13.5. The van der Waals surface area contributed by atoms with Crippen LogP contribution in [0, 0.1) is 22.0 Å². The number of nitro benzene ring substituents is 1. The third-order valence-electron chi connectivity index (χ3n) is 2.58. The van der Waals surface area contributed by atoms with Crippen molar-refractivity contribution >= 4 is 17.3 Å². The first-order valence-electron chi connectivity index (χ1n) is 5.73. The maximum atomic E-state index is 10.5. The van der Waals surface area contributed by atoms with Crippen LogP contribution in [0.3, 0.4) is 0 Å². The third kappa shape index (κ3) is 4.02. The molecule has 0 aromatic heterocycles. The summed E-state index contributed by atoms with van der Waals surface area (Å²) in [5.74, 6) is 5.95. The highest BCUT2D eigenvalue weighted by Gasteiger charge is 2.07. The van der Waals surface area contributed by atoms with Gasteiger partial charge in [0.25, 0.3) is 5.69 Å². The van der Waals surface area contributed by atoms with E-state index in [1.807, 2.05) is 0 Å². The summed E-state index contributed by atoms with van der Waals surface area (Å²) < 4.78 is 0. The minimum absolute atomic E-state index is 0.0192. The van der Waals surface area contributed by atoms with Crippen molar-refractivity contribution in [3.8, 4) is 11.8 Å². The van der Waals surface area contributed by atoms with Crippen molar-refractivity contribution in [2.75, 3.05) is 19.6 Å². The second kappa shape index (κ2) is 7.00. The van der Waals surface area contributed by atoms with Gasteiger partial charge in [0.15, 0.2) is 0 Å². The summed E-state index contributed by atoms with van der Waals surface area (Å²) in [4.78, 5) is 12.2. The van der Waals surface area contributed by atoms with Gasteiger partial charge in [-0.1, -0.05) is 37.3 Å². The molecule has 0 saturated carbocycles. The molecule has 0 amide bonds. The van der Waals surface area contributed by atoms with E-state index >= 15 is 0 Å². The molecule has 18 heavy (non-hydrogen) atoms. The largest absolute Gasteiger partial charge is 0.293 e. The fourth-order valence-electron chi connectivity index (χ4n) is 1.41. The highest BCUT2D eigenvalue weighted by Crippen LogP contribution is 2.21. The van der Waals surface area contributed by atoms with E-state index in [9.17, 15) is 10.1 Å². The Bertz CT molecular complexity index is 487. The molecule has 4 nitrogen and oxygen atoms in total. The van der Waals surface area contributed by atoms with Crippen LogP contribution in [0.5, 0.6) is 0 Å². The molecule has 5 heteroatoms. The SMILES string of the molecule is CCN(CC)CC#Cc1ccc([N+](=O)[O-])cc1Cl. The number of halogens is 1. The van der Waals surface area contributed by atoms with Gasteiger partial charge in [-0.15, -0.1) is 0 Å². The summed E-state index contributed by atoms with van der Waals surface area (Å²) in [6, 6.07) is 4.31. The molecular formula is C13H15ClN2O2. The van der Waals surface area contributed by atoms with E-state index in [-0.39, 0.29) is 5.69 Å². The van der Waals surface area contributed by atoms with Crippen molar-refractivity contribution in [1.82, 2.24) is 4.90 Å². The number of rotatable bonds is 4. The van der Waals surface area contributed by atoms with Gasteiger partial charge in [-0.05, 0) is 19.2 Å². The first-order chi connectivity index (χ1) is 8.58. The van der Waals surface area contributed by atoms with Gasteiger partial charge in [-0.25, -0.2) is 0 Å². The summed E-state index contributed by atoms with van der Waals surface area (Å²) in [7, 11) is 0. The van der Waals surface area contributed by atoms with E-state index in [1.165, 1.54) is 12.1 Å². The number of hydrogen-bond donors (Lipinski definition) is 0. The Balaban J connectivity index is 2.80. The average Bonchev–Trinajstić information content (AvgIpc) is 2.36. The van der Waals surface area contributed by atoms with E-state index in [0.717, 1.165) is 13.1 Å². The van der Waals surface area contributed by atoms with E-state index in [2.05, 4.69) is 30.6 Å². The minimum Gasteiger partial charge on any atom is -0.293 e. The molecule has 0 spiro atoms. The molecule has 0 aliphatic rings. The maximum Gasteiger partial charge on any atom is 0.271 e. The second-order valence-corrected chi connectivity index (χ2v) is 4.09. The second-order valence-electron chi connectivity index (χ2n) is 3.68. The van der Waals surface area contributed by atoms with Gasteiger partial charge in [0.1, 0.15) is 0 Å². The predicted molar refractivity (Wildman–Crippen MR) is 72.8 cm³/mol. The van der Waals surface area contributed by atoms with Crippen molar-refractivity contribution in [3.05, 3.63) is 38.9 Å². The van der Waals surface area contributed by atoms with Crippen LogP contribution in [0.2, 0.25) is 5.02 Å². The standard InChI is InChI=1S/C13H15ClN2O2/c1-3-15(4-2)9-5-6-11-7-8-12(16(17)18)10-13(11)14/h7-8,10H,3-4,9H2,1-2H3. The molecule has 1 aromatic rings. The Morgan fingerprint density at radius 2 is 2.06 bits per heavy atom. The molecule has 0 aliphatic carbocycles. The Morgan fingerprint density at radius 1 is 1.39 bits per heavy atom. The number of hydrogen-bond acceptors (Lipinski definition) is 3. The van der Waals surface area contributed by atoms with Crippen LogP contribution in [0.1, 0.15) is 19.4 Å². The smallest absolute Gasteiger partial charge is 0.271 e. The summed E-state index contributed by atoms with van der Waals surface area (Å²) in [5.41, 5.74) is 0.601. The predicted octanol–water partition coefficient (Wildman–Crippen LogP) is 2.94.